The summed E-state index contributed by atoms with van der Waals surface area (Å²) in [7, 11) is 0. The van der Waals surface area contributed by atoms with Crippen LogP contribution < -0.4 is 5.32 Å². The van der Waals surface area contributed by atoms with Crippen molar-refractivity contribution in [2.75, 3.05) is 0 Å². The largest absolute Gasteiger partial charge is 0.310 e. The molecule has 15 heavy (non-hydrogen) atoms. The minimum Gasteiger partial charge on any atom is -0.310 e. The lowest BCUT2D eigenvalue weighted by Gasteiger charge is -2.35. The van der Waals surface area contributed by atoms with Crippen LogP contribution in [-0.4, -0.2) is 12.1 Å². The molecular weight excluding hydrogens is 184 g/mol. The summed E-state index contributed by atoms with van der Waals surface area (Å²) >= 11 is 0. The first kappa shape index (κ1) is 12.5. The Bertz CT molecular complexity index is 219. The summed E-state index contributed by atoms with van der Waals surface area (Å²) in [6, 6.07) is 3.30. The van der Waals surface area contributed by atoms with Crippen molar-refractivity contribution >= 4 is 0 Å². The molecule has 0 aromatic heterocycles. The van der Waals surface area contributed by atoms with Gasteiger partial charge in [-0.15, -0.1) is 0 Å². The molecule has 1 saturated carbocycles. The van der Waals surface area contributed by atoms with Crippen LogP contribution in [0, 0.1) is 23.2 Å². The summed E-state index contributed by atoms with van der Waals surface area (Å²) in [6.45, 7) is 6.83. The van der Waals surface area contributed by atoms with Gasteiger partial charge in [-0.25, -0.2) is 0 Å². The van der Waals surface area contributed by atoms with Crippen molar-refractivity contribution in [3.63, 3.8) is 0 Å². The number of hydrogen-bond acceptors (Lipinski definition) is 2. The Balaban J connectivity index is 2.43. The molecule has 0 saturated heterocycles. The average Bonchev–Trinajstić information content (AvgIpc) is 2.22. The second-order valence-electron chi connectivity index (χ2n) is 5.14. The Morgan fingerprint density at radius 2 is 2.13 bits per heavy atom. The SMILES string of the molecule is CCC(CC#N)NC1CC(C)CCC1C. The third kappa shape index (κ3) is 3.83. The van der Waals surface area contributed by atoms with Gasteiger partial charge in [0.15, 0.2) is 0 Å². The lowest BCUT2D eigenvalue weighted by molar-refractivity contribution is 0.211. The summed E-state index contributed by atoms with van der Waals surface area (Å²) in [5.41, 5.74) is 0. The molecule has 0 bridgehead atoms. The van der Waals surface area contributed by atoms with Crippen LogP contribution in [0.4, 0.5) is 0 Å². The molecule has 1 N–H and O–H groups in total. The summed E-state index contributed by atoms with van der Waals surface area (Å²) in [6.07, 6.45) is 5.69. The Morgan fingerprint density at radius 3 is 2.73 bits per heavy atom. The molecule has 2 heteroatoms. The maximum absolute atomic E-state index is 8.73. The van der Waals surface area contributed by atoms with Gasteiger partial charge in [0.2, 0.25) is 0 Å². The van der Waals surface area contributed by atoms with E-state index in [2.05, 4.69) is 32.2 Å². The highest BCUT2D eigenvalue weighted by Gasteiger charge is 2.26. The molecule has 0 spiro atoms. The van der Waals surface area contributed by atoms with Crippen molar-refractivity contribution in [3.05, 3.63) is 0 Å². The van der Waals surface area contributed by atoms with Crippen LogP contribution in [0.1, 0.15) is 52.9 Å². The Kier molecular flexibility index (Phi) is 5.11. The van der Waals surface area contributed by atoms with E-state index in [1.807, 2.05) is 0 Å². The van der Waals surface area contributed by atoms with E-state index < -0.39 is 0 Å². The average molecular weight is 208 g/mol. The third-order valence-electron chi connectivity index (χ3n) is 3.74. The normalized spacial score (nSPS) is 33.3. The maximum atomic E-state index is 8.73. The van der Waals surface area contributed by atoms with Crippen molar-refractivity contribution in [1.82, 2.24) is 5.32 Å². The highest BCUT2D eigenvalue weighted by Crippen LogP contribution is 2.28. The van der Waals surface area contributed by atoms with Crippen LogP contribution in [0.25, 0.3) is 0 Å². The number of nitriles is 1. The Morgan fingerprint density at radius 1 is 1.40 bits per heavy atom. The van der Waals surface area contributed by atoms with E-state index >= 15 is 0 Å². The van der Waals surface area contributed by atoms with Crippen molar-refractivity contribution in [3.8, 4) is 6.07 Å². The lowest BCUT2D eigenvalue weighted by atomic mass is 9.79. The molecule has 1 fully saturated rings. The molecule has 2 nitrogen and oxygen atoms in total. The van der Waals surface area contributed by atoms with Crippen LogP contribution in [0.15, 0.2) is 0 Å². The van der Waals surface area contributed by atoms with Gasteiger partial charge in [-0.2, -0.15) is 5.26 Å². The molecule has 1 aliphatic carbocycles. The van der Waals surface area contributed by atoms with Gasteiger partial charge in [0, 0.05) is 12.1 Å². The molecule has 4 unspecified atom stereocenters. The van der Waals surface area contributed by atoms with E-state index in [-0.39, 0.29) is 0 Å². The quantitative estimate of drug-likeness (QED) is 0.770. The summed E-state index contributed by atoms with van der Waals surface area (Å²) in [4.78, 5) is 0. The molecule has 0 heterocycles. The Labute approximate surface area is 94.1 Å². The lowest BCUT2D eigenvalue weighted by Crippen LogP contribution is -2.44. The van der Waals surface area contributed by atoms with E-state index in [1.165, 1.54) is 19.3 Å². The van der Waals surface area contributed by atoms with Gasteiger partial charge < -0.3 is 5.32 Å². The third-order valence-corrected chi connectivity index (χ3v) is 3.74. The second kappa shape index (κ2) is 6.12. The van der Waals surface area contributed by atoms with Gasteiger partial charge >= 0.3 is 0 Å². The fourth-order valence-electron chi connectivity index (χ4n) is 2.50. The van der Waals surface area contributed by atoms with Gasteiger partial charge in [0.25, 0.3) is 0 Å². The van der Waals surface area contributed by atoms with Crippen molar-refractivity contribution in [2.45, 2.75) is 65.0 Å². The van der Waals surface area contributed by atoms with Crippen LogP contribution in [0.5, 0.6) is 0 Å². The zero-order valence-corrected chi connectivity index (χ0v) is 10.3. The van der Waals surface area contributed by atoms with Gasteiger partial charge in [-0.05, 0) is 31.1 Å². The summed E-state index contributed by atoms with van der Waals surface area (Å²) < 4.78 is 0. The number of rotatable bonds is 4. The molecule has 86 valence electrons. The first-order valence-corrected chi connectivity index (χ1v) is 6.30. The molecular formula is C13H24N2. The van der Waals surface area contributed by atoms with Crippen molar-refractivity contribution in [2.24, 2.45) is 11.8 Å². The smallest absolute Gasteiger partial charge is 0.0638 e. The van der Waals surface area contributed by atoms with Crippen LogP contribution in [0.2, 0.25) is 0 Å². The molecule has 0 aliphatic heterocycles. The van der Waals surface area contributed by atoms with E-state index in [0.717, 1.165) is 18.3 Å². The Hall–Kier alpha value is -0.550. The van der Waals surface area contributed by atoms with E-state index in [0.29, 0.717) is 18.5 Å². The van der Waals surface area contributed by atoms with Crippen molar-refractivity contribution in [1.29, 1.82) is 5.26 Å². The number of nitrogens with zero attached hydrogens (tertiary/aromatic N) is 1. The predicted molar refractivity (Wildman–Crippen MR) is 63.4 cm³/mol. The molecule has 1 aliphatic rings. The zero-order chi connectivity index (χ0) is 11.3. The topological polar surface area (TPSA) is 35.8 Å². The van der Waals surface area contributed by atoms with Crippen LogP contribution in [-0.2, 0) is 0 Å². The first-order valence-electron chi connectivity index (χ1n) is 6.30. The summed E-state index contributed by atoms with van der Waals surface area (Å²) in [5, 5.41) is 12.4. The van der Waals surface area contributed by atoms with Gasteiger partial charge in [0.1, 0.15) is 0 Å². The number of nitrogens with one attached hydrogen (secondary N) is 1. The molecule has 0 amide bonds. The number of hydrogen-bond donors (Lipinski definition) is 1. The summed E-state index contributed by atoms with van der Waals surface area (Å²) in [5.74, 6) is 1.62. The standard InChI is InChI=1S/C13H24N2/c1-4-12(7-8-14)15-13-9-10(2)5-6-11(13)3/h10-13,15H,4-7,9H2,1-3H3. The molecule has 0 radical (unpaired) electrons. The minimum atomic E-state index is 0.396. The van der Waals surface area contributed by atoms with E-state index in [1.54, 1.807) is 0 Å². The van der Waals surface area contributed by atoms with Crippen LogP contribution in [0.3, 0.4) is 0 Å². The van der Waals surface area contributed by atoms with Crippen molar-refractivity contribution < 1.29 is 0 Å². The predicted octanol–water partition coefficient (Wildman–Crippen LogP) is 3.09. The molecule has 1 rings (SSSR count). The maximum Gasteiger partial charge on any atom is 0.0638 e. The van der Waals surface area contributed by atoms with Gasteiger partial charge in [0.05, 0.1) is 12.5 Å². The second-order valence-corrected chi connectivity index (χ2v) is 5.14. The highest BCUT2D eigenvalue weighted by atomic mass is 15.0. The monoisotopic (exact) mass is 208 g/mol. The van der Waals surface area contributed by atoms with Gasteiger partial charge in [-0.3, -0.25) is 0 Å². The molecule has 0 aromatic rings. The highest BCUT2D eigenvalue weighted by molar-refractivity contribution is 4.87. The van der Waals surface area contributed by atoms with Gasteiger partial charge in [-0.1, -0.05) is 27.2 Å². The van der Waals surface area contributed by atoms with E-state index in [4.69, 9.17) is 5.26 Å². The fourth-order valence-corrected chi connectivity index (χ4v) is 2.50. The van der Waals surface area contributed by atoms with Crippen LogP contribution >= 0.6 is 0 Å². The first-order chi connectivity index (χ1) is 7.17. The van der Waals surface area contributed by atoms with E-state index in [9.17, 15) is 0 Å². The molecule has 4 atom stereocenters. The minimum absolute atomic E-state index is 0.396. The zero-order valence-electron chi connectivity index (χ0n) is 10.3. The molecule has 0 aromatic carbocycles. The fraction of sp³-hybridized carbons (Fsp3) is 0.923.